The number of cyclic esters (lactones) is 1. The van der Waals surface area contributed by atoms with Crippen LogP contribution in [0.3, 0.4) is 0 Å². The van der Waals surface area contributed by atoms with Gasteiger partial charge >= 0.3 is 12.1 Å². The van der Waals surface area contributed by atoms with Crippen LogP contribution in [0, 0.1) is 40.4 Å². The second kappa shape index (κ2) is 8.72. The SMILES string of the molecule is C[C@]12CCC(CN3CCN(C(=O)O)CC3)CC1CC[C@@H]1[C@@H]2CC[C@]2(C)[C@@H](C3=CC(=O)OC3)CC[C@]12O. The number of carbonyl (C=O) groups excluding carboxylic acids is 1. The number of aliphatic hydroxyl groups is 1. The Labute approximate surface area is 215 Å². The molecule has 8 atom stereocenters. The van der Waals surface area contributed by atoms with E-state index in [4.69, 9.17) is 4.74 Å². The molecule has 7 heteroatoms. The molecule has 0 spiro atoms. The van der Waals surface area contributed by atoms with Crippen LogP contribution in [0.5, 0.6) is 0 Å². The summed E-state index contributed by atoms with van der Waals surface area (Å²) in [4.78, 5) is 27.0. The lowest BCUT2D eigenvalue weighted by atomic mass is 9.43. The van der Waals surface area contributed by atoms with Gasteiger partial charge in [0.05, 0.1) is 5.60 Å². The number of carboxylic acid groups (broad SMARTS) is 1. The summed E-state index contributed by atoms with van der Waals surface area (Å²) in [6.45, 7) is 9.33. The zero-order valence-electron chi connectivity index (χ0n) is 22.1. The summed E-state index contributed by atoms with van der Waals surface area (Å²) in [7, 11) is 0. The van der Waals surface area contributed by atoms with Gasteiger partial charge in [-0.05, 0) is 98.4 Å². The molecule has 7 nitrogen and oxygen atoms in total. The molecule has 200 valence electrons. The lowest BCUT2D eigenvalue weighted by molar-refractivity contribution is -0.206. The fourth-order valence-corrected chi connectivity index (χ4v) is 10.2. The second-order valence-electron chi connectivity index (χ2n) is 13.5. The van der Waals surface area contributed by atoms with Crippen molar-refractivity contribution in [3.05, 3.63) is 11.6 Å². The standard InChI is InChI=1S/C29H44N2O5/c1-27-8-5-19(17-30-11-13-31(14-12-30)26(33)34)15-21(27)3-4-24-23(27)6-9-28(2)22(7-10-29(24,28)35)20-16-25(32)36-18-20/h16,19,21-24,35H,3-15,17-18H2,1-2H3,(H,33,34)/t19?,21?,22-,23+,24-,27+,28-,29+/m1/s1. The van der Waals surface area contributed by atoms with E-state index in [0.717, 1.165) is 56.8 Å². The number of ether oxygens (including phenoxy) is 1. The number of nitrogens with zero attached hydrogens (tertiary/aromatic N) is 2. The van der Waals surface area contributed by atoms with Gasteiger partial charge in [-0.2, -0.15) is 0 Å². The lowest BCUT2D eigenvalue weighted by Crippen LogP contribution is -2.62. The monoisotopic (exact) mass is 500 g/mol. The number of rotatable bonds is 3. The highest BCUT2D eigenvalue weighted by Gasteiger charge is 2.67. The van der Waals surface area contributed by atoms with Crippen molar-refractivity contribution in [2.24, 2.45) is 40.4 Å². The van der Waals surface area contributed by atoms with Crippen molar-refractivity contribution in [3.63, 3.8) is 0 Å². The minimum atomic E-state index is -0.791. The van der Waals surface area contributed by atoms with Gasteiger partial charge in [0, 0.05) is 44.2 Å². The number of hydrogen-bond acceptors (Lipinski definition) is 5. The summed E-state index contributed by atoms with van der Waals surface area (Å²) >= 11 is 0. The molecule has 0 bridgehead atoms. The zero-order valence-corrected chi connectivity index (χ0v) is 22.1. The highest BCUT2D eigenvalue weighted by atomic mass is 16.5. The lowest BCUT2D eigenvalue weighted by Gasteiger charge is -2.64. The van der Waals surface area contributed by atoms with Gasteiger partial charge < -0.3 is 19.8 Å². The number of hydrogen-bond donors (Lipinski definition) is 2. The fourth-order valence-electron chi connectivity index (χ4n) is 10.2. The average Bonchev–Trinajstić information content (AvgIpc) is 3.39. The van der Waals surface area contributed by atoms with Crippen molar-refractivity contribution < 1.29 is 24.5 Å². The van der Waals surface area contributed by atoms with Crippen molar-refractivity contribution >= 4 is 12.1 Å². The van der Waals surface area contributed by atoms with E-state index in [9.17, 15) is 19.8 Å². The van der Waals surface area contributed by atoms with Crippen molar-refractivity contribution in [3.8, 4) is 0 Å². The molecule has 0 aromatic carbocycles. The van der Waals surface area contributed by atoms with Crippen molar-refractivity contribution in [1.82, 2.24) is 9.80 Å². The van der Waals surface area contributed by atoms with E-state index in [2.05, 4.69) is 18.7 Å². The Balaban J connectivity index is 1.13. The second-order valence-corrected chi connectivity index (χ2v) is 13.5. The number of carbonyl (C=O) groups is 2. The molecule has 2 heterocycles. The first-order chi connectivity index (χ1) is 17.1. The molecule has 36 heavy (non-hydrogen) atoms. The number of amides is 1. The van der Waals surface area contributed by atoms with Crippen molar-refractivity contribution in [2.75, 3.05) is 39.3 Å². The highest BCUT2D eigenvalue weighted by molar-refractivity contribution is 5.85. The third-order valence-electron chi connectivity index (χ3n) is 12.3. The maximum atomic E-state index is 12.4. The molecule has 2 unspecified atom stereocenters. The van der Waals surface area contributed by atoms with Crippen LogP contribution >= 0.6 is 0 Å². The molecule has 4 saturated carbocycles. The van der Waals surface area contributed by atoms with Gasteiger partial charge in [0.15, 0.2) is 0 Å². The van der Waals surface area contributed by atoms with Crippen molar-refractivity contribution in [1.29, 1.82) is 0 Å². The number of esters is 1. The normalized spacial score (nSPS) is 47.0. The van der Waals surface area contributed by atoms with Crippen LogP contribution in [-0.4, -0.2) is 77.0 Å². The Hall–Kier alpha value is -1.60. The Morgan fingerprint density at radius 3 is 2.50 bits per heavy atom. The first-order valence-corrected chi connectivity index (χ1v) is 14.4. The zero-order chi connectivity index (χ0) is 25.3. The Morgan fingerprint density at radius 2 is 1.81 bits per heavy atom. The Bertz CT molecular complexity index is 944. The molecule has 0 radical (unpaired) electrons. The molecule has 5 fully saturated rings. The van der Waals surface area contributed by atoms with Crippen LogP contribution in [0.4, 0.5) is 4.79 Å². The topological polar surface area (TPSA) is 90.3 Å². The van der Waals surface area contributed by atoms with E-state index in [1.54, 1.807) is 11.0 Å². The summed E-state index contributed by atoms with van der Waals surface area (Å²) < 4.78 is 5.26. The summed E-state index contributed by atoms with van der Waals surface area (Å²) in [5.74, 6) is 2.43. The Kier molecular flexibility index (Phi) is 5.99. The van der Waals surface area contributed by atoms with E-state index in [1.165, 1.54) is 32.1 Å². The van der Waals surface area contributed by atoms with Crippen LogP contribution in [0.15, 0.2) is 11.6 Å². The van der Waals surface area contributed by atoms with Gasteiger partial charge in [0.25, 0.3) is 0 Å². The minimum Gasteiger partial charge on any atom is -0.465 e. The first-order valence-electron chi connectivity index (χ1n) is 14.4. The van der Waals surface area contributed by atoms with E-state index >= 15 is 0 Å². The first kappa shape index (κ1) is 24.7. The third-order valence-corrected chi connectivity index (χ3v) is 12.3. The summed E-state index contributed by atoms with van der Waals surface area (Å²) in [6, 6.07) is 0. The molecule has 6 aliphatic rings. The number of piperazine rings is 1. The predicted octanol–water partition coefficient (Wildman–Crippen LogP) is 4.16. The van der Waals surface area contributed by atoms with Gasteiger partial charge in [-0.3, -0.25) is 4.90 Å². The summed E-state index contributed by atoms with van der Waals surface area (Å²) in [5, 5.41) is 21.6. The molecule has 0 aromatic heterocycles. The van der Waals surface area contributed by atoms with Gasteiger partial charge in [0.2, 0.25) is 0 Å². The number of fused-ring (bicyclic) bond motifs is 5. The maximum Gasteiger partial charge on any atom is 0.407 e. The molecule has 0 aromatic rings. The minimum absolute atomic E-state index is 0.160. The van der Waals surface area contributed by atoms with Crippen LogP contribution in [0.25, 0.3) is 0 Å². The molecular weight excluding hydrogens is 456 g/mol. The molecule has 1 amide bonds. The van der Waals surface area contributed by atoms with Crippen molar-refractivity contribution in [2.45, 2.75) is 77.2 Å². The summed E-state index contributed by atoms with van der Waals surface area (Å²) in [5.41, 5.74) is 0.623. The van der Waals surface area contributed by atoms with Gasteiger partial charge in [-0.25, -0.2) is 9.59 Å². The Morgan fingerprint density at radius 1 is 1.03 bits per heavy atom. The molecule has 2 aliphatic heterocycles. The van der Waals surface area contributed by atoms with E-state index in [1.807, 2.05) is 0 Å². The van der Waals surface area contributed by atoms with Gasteiger partial charge in [-0.1, -0.05) is 13.8 Å². The van der Waals surface area contributed by atoms with Crippen LogP contribution in [0.1, 0.15) is 71.6 Å². The maximum absolute atomic E-state index is 12.4. The van der Waals surface area contributed by atoms with Crippen LogP contribution in [0.2, 0.25) is 0 Å². The fraction of sp³-hybridized carbons (Fsp3) is 0.862. The molecule has 6 rings (SSSR count). The van der Waals surface area contributed by atoms with Crippen LogP contribution < -0.4 is 0 Å². The molecule has 1 saturated heterocycles. The van der Waals surface area contributed by atoms with E-state index in [0.29, 0.717) is 42.9 Å². The van der Waals surface area contributed by atoms with E-state index < -0.39 is 11.7 Å². The molecular formula is C29H44N2O5. The smallest absolute Gasteiger partial charge is 0.407 e. The molecule has 2 N–H and O–H groups in total. The highest BCUT2D eigenvalue weighted by Crippen LogP contribution is 2.70. The molecule has 4 aliphatic carbocycles. The van der Waals surface area contributed by atoms with Gasteiger partial charge in [0.1, 0.15) is 6.61 Å². The predicted molar refractivity (Wildman–Crippen MR) is 135 cm³/mol. The van der Waals surface area contributed by atoms with Crippen LogP contribution in [-0.2, 0) is 9.53 Å². The van der Waals surface area contributed by atoms with E-state index in [-0.39, 0.29) is 17.3 Å². The summed E-state index contributed by atoms with van der Waals surface area (Å²) in [6.07, 6.45) is 11.1. The van der Waals surface area contributed by atoms with Gasteiger partial charge in [-0.15, -0.1) is 0 Å². The quantitative estimate of drug-likeness (QED) is 0.566. The average molecular weight is 501 g/mol. The third kappa shape index (κ3) is 3.66. The largest absolute Gasteiger partial charge is 0.465 e.